The van der Waals surface area contributed by atoms with E-state index >= 15 is 0 Å². The lowest BCUT2D eigenvalue weighted by molar-refractivity contribution is 0.0949. The Bertz CT molecular complexity index is 945. The number of aromatic amines is 1. The highest BCUT2D eigenvalue weighted by Crippen LogP contribution is 2.56. The van der Waals surface area contributed by atoms with E-state index in [9.17, 15) is 13.9 Å². The Hall–Kier alpha value is -2.61. The molecule has 2 aromatic carbocycles. The van der Waals surface area contributed by atoms with Crippen molar-refractivity contribution in [2.75, 3.05) is 0 Å². The first kappa shape index (κ1) is 14.9. The average molecular weight is 341 g/mol. The van der Waals surface area contributed by atoms with Gasteiger partial charge in [0.15, 0.2) is 0 Å². The molecule has 0 radical (unpaired) electrons. The van der Waals surface area contributed by atoms with Crippen molar-refractivity contribution in [1.29, 1.82) is 0 Å². The Balaban J connectivity index is 1.55. The van der Waals surface area contributed by atoms with E-state index in [0.717, 1.165) is 11.0 Å². The van der Waals surface area contributed by atoms with Crippen LogP contribution in [0.2, 0.25) is 0 Å². The molecule has 1 aromatic heterocycles. The maximum Gasteiger partial charge on any atom is 0.252 e. The van der Waals surface area contributed by atoms with E-state index in [0.29, 0.717) is 21.8 Å². The number of fused-ring (bicyclic) bond motifs is 2. The second-order valence-electron chi connectivity index (χ2n) is 5.50. The Kier molecular flexibility index (Phi) is 3.42. The number of carbonyl (C=O) groups excluding carboxylic acids is 1. The highest BCUT2D eigenvalue weighted by atomic mass is 32.3. The number of hydrogen-bond acceptors (Lipinski definition) is 4. The summed E-state index contributed by atoms with van der Waals surface area (Å²) in [5.41, 5.74) is 2.73. The molecule has 2 heterocycles. The summed E-state index contributed by atoms with van der Waals surface area (Å²) in [4.78, 5) is 20.4. The maximum absolute atomic E-state index is 12.5. The molecule has 4 N–H and O–H groups in total. The van der Waals surface area contributed by atoms with Gasteiger partial charge in [0.05, 0.1) is 22.5 Å². The number of hydrogen-bond donors (Lipinski definition) is 4. The number of amides is 1. The van der Waals surface area contributed by atoms with Gasteiger partial charge in [0.2, 0.25) is 0 Å². The minimum Gasteiger partial charge on any atom is -0.345 e. The number of nitrogens with one attached hydrogen (secondary N) is 2. The van der Waals surface area contributed by atoms with Crippen molar-refractivity contribution in [1.82, 2.24) is 15.3 Å². The van der Waals surface area contributed by atoms with E-state index < -0.39 is 10.6 Å². The number of aromatic nitrogens is 2. The van der Waals surface area contributed by atoms with Gasteiger partial charge in [-0.2, -0.15) is 0 Å². The van der Waals surface area contributed by atoms with E-state index in [2.05, 4.69) is 15.3 Å². The van der Waals surface area contributed by atoms with Crippen molar-refractivity contribution < 1.29 is 13.9 Å². The number of para-hydroxylation sites is 2. The molecule has 122 valence electrons. The summed E-state index contributed by atoms with van der Waals surface area (Å²) in [5.74, 6) is 0.381. The van der Waals surface area contributed by atoms with Crippen molar-refractivity contribution in [3.63, 3.8) is 0 Å². The van der Waals surface area contributed by atoms with Crippen molar-refractivity contribution in [2.24, 2.45) is 0 Å². The standard InChI is InChI=1S/C17H15N3O3S/c21-17(12-4-3-7-15-11(12)8-9-24(15,22)23)18-10-16-19-13-5-1-2-6-14(13)20-16/h1-9,22-23H,10H2,(H,18,21)(H,19,20). The van der Waals surface area contributed by atoms with E-state index in [1.54, 1.807) is 24.3 Å². The molecule has 0 atom stereocenters. The molecular weight excluding hydrogens is 326 g/mol. The number of carbonyl (C=O) groups is 1. The zero-order valence-electron chi connectivity index (χ0n) is 12.6. The Labute approximate surface area is 139 Å². The largest absolute Gasteiger partial charge is 0.345 e. The van der Waals surface area contributed by atoms with Crippen molar-refractivity contribution in [3.8, 4) is 0 Å². The number of benzene rings is 2. The molecule has 0 aliphatic carbocycles. The second-order valence-corrected chi connectivity index (χ2v) is 7.39. The average Bonchev–Trinajstić information content (AvgIpc) is 3.13. The van der Waals surface area contributed by atoms with E-state index in [1.165, 1.54) is 5.41 Å². The fourth-order valence-corrected chi connectivity index (χ4v) is 4.01. The monoisotopic (exact) mass is 341 g/mol. The predicted molar refractivity (Wildman–Crippen MR) is 93.9 cm³/mol. The lowest BCUT2D eigenvalue weighted by atomic mass is 10.1. The molecule has 1 aliphatic rings. The van der Waals surface area contributed by atoms with Crippen LogP contribution in [0.15, 0.2) is 52.8 Å². The molecule has 3 aromatic rings. The first-order chi connectivity index (χ1) is 11.5. The lowest BCUT2D eigenvalue weighted by Gasteiger charge is -2.25. The van der Waals surface area contributed by atoms with Gasteiger partial charge in [-0.25, -0.2) is 4.98 Å². The molecule has 0 bridgehead atoms. The molecular formula is C17H15N3O3S. The Morgan fingerprint density at radius 2 is 2.00 bits per heavy atom. The number of H-pyrrole nitrogens is 1. The van der Waals surface area contributed by atoms with Crippen LogP contribution in [0.4, 0.5) is 0 Å². The molecule has 24 heavy (non-hydrogen) atoms. The molecule has 7 heteroatoms. The summed E-state index contributed by atoms with van der Waals surface area (Å²) in [6.07, 6.45) is 1.58. The zero-order valence-corrected chi connectivity index (χ0v) is 13.4. The SMILES string of the molecule is O=C(NCc1nc2ccccc2[nH]1)c1cccc2c1C=CS2(O)O. The fourth-order valence-electron chi connectivity index (χ4n) is 2.76. The molecule has 0 fully saturated rings. The molecule has 6 nitrogen and oxygen atoms in total. The van der Waals surface area contributed by atoms with Gasteiger partial charge in [0, 0.05) is 16.5 Å². The third kappa shape index (κ3) is 2.48. The van der Waals surface area contributed by atoms with Crippen LogP contribution in [-0.2, 0) is 6.54 Å². The topological polar surface area (TPSA) is 98.2 Å². The normalized spacial score (nSPS) is 16.1. The molecule has 0 spiro atoms. The van der Waals surface area contributed by atoms with Crippen LogP contribution in [0, 0.1) is 0 Å². The Morgan fingerprint density at radius 1 is 1.17 bits per heavy atom. The zero-order chi connectivity index (χ0) is 16.7. The highest BCUT2D eigenvalue weighted by Gasteiger charge is 2.25. The molecule has 1 aliphatic heterocycles. The molecule has 1 amide bonds. The summed E-state index contributed by atoms with van der Waals surface area (Å²) in [5, 5.41) is 4.15. The second kappa shape index (κ2) is 5.48. The van der Waals surface area contributed by atoms with Gasteiger partial charge in [-0.3, -0.25) is 13.9 Å². The maximum atomic E-state index is 12.5. The van der Waals surface area contributed by atoms with Crippen molar-refractivity contribution in [3.05, 3.63) is 64.8 Å². The smallest absolute Gasteiger partial charge is 0.252 e. The third-order valence-electron chi connectivity index (χ3n) is 3.91. The lowest BCUT2D eigenvalue weighted by Crippen LogP contribution is -2.24. The predicted octanol–water partition coefficient (Wildman–Crippen LogP) is 3.59. The van der Waals surface area contributed by atoms with Gasteiger partial charge in [-0.1, -0.05) is 18.2 Å². The van der Waals surface area contributed by atoms with Gasteiger partial charge in [-0.05, 0) is 30.3 Å². The quantitative estimate of drug-likeness (QED) is 0.585. The number of imidazole rings is 1. The van der Waals surface area contributed by atoms with Gasteiger partial charge < -0.3 is 10.3 Å². The third-order valence-corrected chi connectivity index (χ3v) is 5.43. The van der Waals surface area contributed by atoms with Gasteiger partial charge >= 0.3 is 0 Å². The summed E-state index contributed by atoms with van der Waals surface area (Å²) in [6, 6.07) is 12.6. The molecule has 0 saturated carbocycles. The fraction of sp³-hybridized carbons (Fsp3) is 0.0588. The van der Waals surface area contributed by atoms with Crippen LogP contribution in [0.1, 0.15) is 21.7 Å². The van der Waals surface area contributed by atoms with E-state index in [1.807, 2.05) is 24.3 Å². The van der Waals surface area contributed by atoms with Gasteiger partial charge in [-0.15, -0.1) is 10.6 Å². The summed E-state index contributed by atoms with van der Waals surface area (Å²) in [6.45, 7) is 0.261. The van der Waals surface area contributed by atoms with Crippen LogP contribution in [-0.4, -0.2) is 25.0 Å². The number of nitrogens with zero attached hydrogens (tertiary/aromatic N) is 1. The van der Waals surface area contributed by atoms with Crippen LogP contribution >= 0.6 is 10.6 Å². The molecule has 0 saturated heterocycles. The number of rotatable bonds is 3. The first-order valence-corrected chi connectivity index (χ1v) is 8.97. The van der Waals surface area contributed by atoms with Crippen LogP contribution in [0.25, 0.3) is 17.1 Å². The van der Waals surface area contributed by atoms with Crippen LogP contribution in [0.3, 0.4) is 0 Å². The van der Waals surface area contributed by atoms with Crippen LogP contribution < -0.4 is 5.32 Å². The Morgan fingerprint density at radius 3 is 2.83 bits per heavy atom. The van der Waals surface area contributed by atoms with E-state index in [4.69, 9.17) is 0 Å². The van der Waals surface area contributed by atoms with Crippen LogP contribution in [0.5, 0.6) is 0 Å². The molecule has 4 rings (SSSR count). The highest BCUT2D eigenvalue weighted by molar-refractivity contribution is 8.27. The van der Waals surface area contributed by atoms with Gasteiger partial charge in [0.1, 0.15) is 5.82 Å². The first-order valence-electron chi connectivity index (χ1n) is 7.36. The van der Waals surface area contributed by atoms with Gasteiger partial charge in [0.25, 0.3) is 5.91 Å². The minimum absolute atomic E-state index is 0.261. The van der Waals surface area contributed by atoms with Crippen molar-refractivity contribution in [2.45, 2.75) is 11.4 Å². The summed E-state index contributed by atoms with van der Waals surface area (Å²) < 4.78 is 19.9. The minimum atomic E-state index is -2.93. The summed E-state index contributed by atoms with van der Waals surface area (Å²) in [7, 11) is -2.93. The summed E-state index contributed by atoms with van der Waals surface area (Å²) >= 11 is 0. The van der Waals surface area contributed by atoms with E-state index in [-0.39, 0.29) is 12.5 Å². The van der Waals surface area contributed by atoms with Crippen molar-refractivity contribution >= 4 is 33.6 Å². The molecule has 0 unspecified atom stereocenters.